The molecule has 2 aromatic carbocycles. The Morgan fingerprint density at radius 2 is 1.63 bits per heavy atom. The summed E-state index contributed by atoms with van der Waals surface area (Å²) in [6.07, 6.45) is 6.41. The van der Waals surface area contributed by atoms with Crippen LogP contribution in [0.3, 0.4) is 0 Å². The maximum Gasteiger partial charge on any atom is 0.305 e. The number of nitrogens with zero attached hydrogens (tertiary/aromatic N) is 4. The summed E-state index contributed by atoms with van der Waals surface area (Å²) in [5.74, 6) is -0.420. The summed E-state index contributed by atoms with van der Waals surface area (Å²) in [6, 6.07) is 15.6. The zero-order chi connectivity index (χ0) is 32.6. The molecule has 2 heterocycles. The Kier molecular flexibility index (Phi) is 14.2. The number of carbonyl (C=O) groups excluding carboxylic acids is 3. The fourth-order valence-corrected chi connectivity index (χ4v) is 5.48. The second-order valence-corrected chi connectivity index (χ2v) is 11.4. The normalized spacial score (nSPS) is 12.0. The fraction of sp³-hybridized carbons (Fsp3) is 0.514. The van der Waals surface area contributed by atoms with Crippen molar-refractivity contribution in [3.8, 4) is 22.5 Å². The van der Waals surface area contributed by atoms with E-state index in [2.05, 4.69) is 22.6 Å². The molecule has 1 aliphatic rings. The molecule has 11 nitrogen and oxygen atoms in total. The standard InChI is InChI=1S/C35H47N5O6/c1-3-4-5-6-18-33(43)46-25-21-40-35-29-15-9-10-16-30(29)39(26-27-13-7-8-14-28(27)34(35)37-38-40)32(42)19-20-36-31(41)17-11-23-45-24-12-22-44-2/h7-10,13-16H,3-6,11-12,17-26H2,1-2H3,(H,36,41). The van der Waals surface area contributed by atoms with Crippen LogP contribution >= 0.6 is 0 Å². The van der Waals surface area contributed by atoms with Crippen LogP contribution in [0.5, 0.6) is 0 Å². The van der Waals surface area contributed by atoms with E-state index in [-0.39, 0.29) is 37.4 Å². The van der Waals surface area contributed by atoms with E-state index in [0.717, 1.165) is 65.9 Å². The highest BCUT2D eigenvalue weighted by Gasteiger charge is 2.29. The first kappa shape index (κ1) is 34.8. The Bertz CT molecular complexity index is 1420. The van der Waals surface area contributed by atoms with Crippen molar-refractivity contribution in [1.82, 2.24) is 20.3 Å². The number of hydrogen-bond donors (Lipinski definition) is 1. The number of ether oxygens (including phenoxy) is 3. The number of fused-ring (bicyclic) bond motifs is 5. The van der Waals surface area contributed by atoms with Crippen molar-refractivity contribution in [3.63, 3.8) is 0 Å². The van der Waals surface area contributed by atoms with Gasteiger partial charge in [0.25, 0.3) is 0 Å². The zero-order valence-electron chi connectivity index (χ0n) is 27.2. The van der Waals surface area contributed by atoms with Crippen molar-refractivity contribution >= 4 is 23.5 Å². The van der Waals surface area contributed by atoms with Crippen LogP contribution in [0.4, 0.5) is 5.69 Å². The monoisotopic (exact) mass is 633 g/mol. The van der Waals surface area contributed by atoms with E-state index in [1.54, 1.807) is 16.7 Å². The van der Waals surface area contributed by atoms with E-state index in [1.165, 1.54) is 0 Å². The van der Waals surface area contributed by atoms with Gasteiger partial charge in [-0.2, -0.15) is 0 Å². The number of aromatic nitrogens is 3. The smallest absolute Gasteiger partial charge is 0.305 e. The Labute approximate surface area is 271 Å². The minimum atomic E-state index is -0.208. The summed E-state index contributed by atoms with van der Waals surface area (Å²) in [5, 5.41) is 11.9. The van der Waals surface area contributed by atoms with Gasteiger partial charge < -0.3 is 24.4 Å². The highest BCUT2D eigenvalue weighted by molar-refractivity contribution is 6.00. The quantitative estimate of drug-likeness (QED) is 0.139. The lowest BCUT2D eigenvalue weighted by atomic mass is 9.95. The molecule has 0 fully saturated rings. The summed E-state index contributed by atoms with van der Waals surface area (Å²) in [5.41, 5.74) is 4.85. The van der Waals surface area contributed by atoms with Crippen LogP contribution in [0.2, 0.25) is 0 Å². The fourth-order valence-electron chi connectivity index (χ4n) is 5.48. The van der Waals surface area contributed by atoms with Crippen LogP contribution in [0, 0.1) is 0 Å². The Balaban J connectivity index is 1.43. The van der Waals surface area contributed by atoms with Crippen molar-refractivity contribution in [2.45, 2.75) is 77.8 Å². The zero-order valence-corrected chi connectivity index (χ0v) is 27.2. The highest BCUT2D eigenvalue weighted by atomic mass is 16.5. The van der Waals surface area contributed by atoms with E-state index in [1.807, 2.05) is 48.5 Å². The molecule has 1 N–H and O–H groups in total. The number of nitrogens with one attached hydrogen (secondary N) is 1. The lowest BCUT2D eigenvalue weighted by Crippen LogP contribution is -2.35. The van der Waals surface area contributed by atoms with Gasteiger partial charge in [-0.25, -0.2) is 4.68 Å². The van der Waals surface area contributed by atoms with Crippen molar-refractivity contribution in [2.75, 3.05) is 45.0 Å². The number of methoxy groups -OCH3 is 1. The number of benzene rings is 2. The lowest BCUT2D eigenvalue weighted by molar-refractivity contribution is -0.144. The molecule has 248 valence electrons. The molecule has 0 saturated carbocycles. The molecule has 1 aliphatic heterocycles. The molecule has 2 amide bonds. The SMILES string of the molecule is CCCCCCC(=O)OCCn1nnc2c1-c1ccccc1N(C(=O)CCNC(=O)CCCOCCCOC)Cc1ccccc1-2. The van der Waals surface area contributed by atoms with Gasteiger partial charge in [0.2, 0.25) is 11.8 Å². The first-order valence-corrected chi connectivity index (χ1v) is 16.4. The second kappa shape index (κ2) is 18.8. The van der Waals surface area contributed by atoms with Gasteiger partial charge in [-0.3, -0.25) is 14.4 Å². The van der Waals surface area contributed by atoms with Crippen molar-refractivity contribution in [3.05, 3.63) is 54.1 Å². The summed E-state index contributed by atoms with van der Waals surface area (Å²) >= 11 is 0. The van der Waals surface area contributed by atoms with Crippen LogP contribution in [-0.2, 0) is 41.7 Å². The number of rotatable bonds is 19. The molecule has 0 radical (unpaired) electrons. The number of carbonyl (C=O) groups is 3. The number of hydrogen-bond acceptors (Lipinski definition) is 8. The Morgan fingerprint density at radius 1 is 0.848 bits per heavy atom. The van der Waals surface area contributed by atoms with Crippen molar-refractivity contribution in [1.29, 1.82) is 0 Å². The van der Waals surface area contributed by atoms with Crippen LogP contribution in [0.25, 0.3) is 22.5 Å². The number of anilines is 1. The van der Waals surface area contributed by atoms with Gasteiger partial charge in [0, 0.05) is 63.9 Å². The predicted molar refractivity (Wildman–Crippen MR) is 176 cm³/mol. The Morgan fingerprint density at radius 3 is 2.46 bits per heavy atom. The maximum atomic E-state index is 13.8. The third-order valence-corrected chi connectivity index (χ3v) is 7.88. The number of para-hydroxylation sites is 1. The van der Waals surface area contributed by atoms with Gasteiger partial charge in [0.1, 0.15) is 12.3 Å². The minimum Gasteiger partial charge on any atom is -0.464 e. The summed E-state index contributed by atoms with van der Waals surface area (Å²) in [4.78, 5) is 40.2. The van der Waals surface area contributed by atoms with E-state index < -0.39 is 0 Å². The molecule has 1 aromatic heterocycles. The maximum absolute atomic E-state index is 13.8. The largest absolute Gasteiger partial charge is 0.464 e. The summed E-state index contributed by atoms with van der Waals surface area (Å²) < 4.78 is 17.8. The molecule has 0 unspecified atom stereocenters. The van der Waals surface area contributed by atoms with E-state index in [9.17, 15) is 14.4 Å². The number of amides is 2. The summed E-state index contributed by atoms with van der Waals surface area (Å²) in [6.45, 7) is 5.00. The highest BCUT2D eigenvalue weighted by Crippen LogP contribution is 2.41. The minimum absolute atomic E-state index is 0.104. The number of unbranched alkanes of at least 4 members (excludes halogenated alkanes) is 3. The predicted octanol–water partition coefficient (Wildman–Crippen LogP) is 5.31. The molecule has 11 heteroatoms. The van der Waals surface area contributed by atoms with Crippen molar-refractivity contribution < 1.29 is 28.6 Å². The van der Waals surface area contributed by atoms with Crippen molar-refractivity contribution in [2.24, 2.45) is 0 Å². The van der Waals surface area contributed by atoms with E-state index in [0.29, 0.717) is 52.2 Å². The third kappa shape index (κ3) is 9.95. The van der Waals surface area contributed by atoms with Crippen LogP contribution in [0.1, 0.15) is 70.3 Å². The first-order valence-electron chi connectivity index (χ1n) is 16.4. The second-order valence-electron chi connectivity index (χ2n) is 11.4. The van der Waals surface area contributed by atoms with Gasteiger partial charge in [-0.1, -0.05) is 73.9 Å². The molecule has 3 aromatic rings. The third-order valence-electron chi connectivity index (χ3n) is 7.88. The molecule has 0 saturated heterocycles. The lowest BCUT2D eigenvalue weighted by Gasteiger charge is -2.29. The molecular weight excluding hydrogens is 586 g/mol. The molecule has 4 rings (SSSR count). The van der Waals surface area contributed by atoms with Crippen LogP contribution in [0.15, 0.2) is 48.5 Å². The topological polar surface area (TPSA) is 125 Å². The molecule has 0 spiro atoms. The summed E-state index contributed by atoms with van der Waals surface area (Å²) in [7, 11) is 1.66. The molecule has 0 bridgehead atoms. The molecule has 0 atom stereocenters. The van der Waals surface area contributed by atoms with Crippen LogP contribution < -0.4 is 10.2 Å². The van der Waals surface area contributed by atoms with E-state index in [4.69, 9.17) is 14.2 Å². The Hall–Kier alpha value is -4.09. The van der Waals surface area contributed by atoms with Gasteiger partial charge in [-0.05, 0) is 30.9 Å². The van der Waals surface area contributed by atoms with Crippen LogP contribution in [-0.4, -0.2) is 72.9 Å². The molecule has 46 heavy (non-hydrogen) atoms. The average molecular weight is 634 g/mol. The number of esters is 1. The van der Waals surface area contributed by atoms with Gasteiger partial charge in [0.15, 0.2) is 0 Å². The molecular formula is C35H47N5O6. The van der Waals surface area contributed by atoms with Gasteiger partial charge in [-0.15, -0.1) is 5.10 Å². The molecule has 0 aliphatic carbocycles. The van der Waals surface area contributed by atoms with E-state index >= 15 is 0 Å². The van der Waals surface area contributed by atoms with Gasteiger partial charge >= 0.3 is 5.97 Å². The average Bonchev–Trinajstić information content (AvgIpc) is 3.47. The van der Waals surface area contributed by atoms with Gasteiger partial charge in [0.05, 0.1) is 24.5 Å². The first-order chi connectivity index (χ1) is 22.5.